The fraction of sp³-hybridized carbons (Fsp3) is 0.524. The second kappa shape index (κ2) is 13.7. The number of nitrogens with two attached hydrogens (primary N) is 2. The molecule has 31 heteroatoms. The Bertz CT molecular complexity index is 2280. The summed E-state index contributed by atoms with van der Waals surface area (Å²) >= 11 is 0. The van der Waals surface area contributed by atoms with E-state index in [2.05, 4.69) is 42.6 Å². The summed E-state index contributed by atoms with van der Waals surface area (Å²) in [5.41, 5.74) is 9.37. The smallest absolute Gasteiger partial charge is 0.387 e. The van der Waals surface area contributed by atoms with Crippen molar-refractivity contribution in [3.63, 3.8) is 0 Å². The summed E-state index contributed by atoms with van der Waals surface area (Å²) < 4.78 is 69.1. The van der Waals surface area contributed by atoms with Gasteiger partial charge in [0.25, 0.3) is 17.1 Å². The van der Waals surface area contributed by atoms with E-state index < -0.39 is 96.9 Å². The summed E-state index contributed by atoms with van der Waals surface area (Å²) in [6.07, 6.45) is -11.0. The van der Waals surface area contributed by atoms with E-state index >= 15 is 0 Å². The van der Waals surface area contributed by atoms with Crippen molar-refractivity contribution in [3.8, 4) is 0 Å². The number of anilines is 2. The van der Waals surface area contributed by atoms with Crippen LogP contribution in [0.5, 0.6) is 0 Å². The van der Waals surface area contributed by atoms with E-state index in [0.717, 1.165) is 15.5 Å². The molecule has 4 aromatic rings. The Morgan fingerprint density at radius 3 is 2.04 bits per heavy atom. The molecule has 2 aliphatic heterocycles. The van der Waals surface area contributed by atoms with Crippen LogP contribution in [-0.2, 0) is 47.9 Å². The van der Waals surface area contributed by atoms with Crippen molar-refractivity contribution in [1.82, 2.24) is 34.1 Å². The molecule has 2 fully saturated rings. The quantitative estimate of drug-likeness (QED) is 0.0474. The summed E-state index contributed by atoms with van der Waals surface area (Å²) in [5.74, 6) is -0.590. The first-order chi connectivity index (χ1) is 24.2. The first-order valence-electron chi connectivity index (χ1n) is 14.4. The second-order valence-electron chi connectivity index (χ2n) is 11.3. The highest BCUT2D eigenvalue weighted by atomic mass is 31.3. The molecule has 0 aromatic carbocycles. The Labute approximate surface area is 286 Å². The number of H-pyrrole nitrogens is 2. The first-order valence-corrected chi connectivity index (χ1v) is 18.9. The number of nitrogens with one attached hydrogen (secondary N) is 2. The Hall–Kier alpha value is -3.53. The molecule has 286 valence electrons. The molecule has 28 nitrogen and oxygen atoms in total. The molecule has 0 amide bonds. The molecule has 0 radical (unpaired) electrons. The van der Waals surface area contributed by atoms with Crippen molar-refractivity contribution >= 4 is 57.7 Å². The maximum Gasteiger partial charge on any atom is 0.490 e. The Morgan fingerprint density at radius 2 is 1.40 bits per heavy atom. The van der Waals surface area contributed by atoms with Crippen LogP contribution in [0.15, 0.2) is 22.2 Å². The van der Waals surface area contributed by atoms with E-state index in [1.54, 1.807) is 0 Å². The summed E-state index contributed by atoms with van der Waals surface area (Å²) in [6.45, 7) is -2.18. The predicted molar refractivity (Wildman–Crippen MR) is 164 cm³/mol. The zero-order valence-electron chi connectivity index (χ0n) is 26.0. The van der Waals surface area contributed by atoms with Gasteiger partial charge in [0.05, 0.1) is 26.6 Å². The number of phosphoric acid groups is 3. The molecule has 2 saturated heterocycles. The number of phosphoric ester groups is 2. The minimum Gasteiger partial charge on any atom is -0.387 e. The van der Waals surface area contributed by atoms with Gasteiger partial charge in [-0.1, -0.05) is 4.98 Å². The van der Waals surface area contributed by atoms with Gasteiger partial charge in [-0.2, -0.15) is 13.6 Å². The van der Waals surface area contributed by atoms with E-state index in [1.165, 1.54) is 17.9 Å². The lowest BCUT2D eigenvalue weighted by Gasteiger charge is -2.21. The molecule has 13 N–H and O–H groups in total. The number of aliphatic hydroxyl groups excluding tert-OH is 4. The highest BCUT2D eigenvalue weighted by Gasteiger charge is 2.50. The van der Waals surface area contributed by atoms with Gasteiger partial charge in [-0.05, 0) is 0 Å². The molecule has 0 aliphatic carbocycles. The minimum atomic E-state index is -6.00. The van der Waals surface area contributed by atoms with Crippen LogP contribution in [0.2, 0.25) is 0 Å². The molecule has 0 spiro atoms. The van der Waals surface area contributed by atoms with Crippen LogP contribution in [0.4, 0.5) is 11.9 Å². The van der Waals surface area contributed by atoms with Gasteiger partial charge in [0.2, 0.25) is 17.7 Å². The number of ether oxygens (including phenoxy) is 2. The summed E-state index contributed by atoms with van der Waals surface area (Å²) in [7, 11) is -15.9. The average Bonchev–Trinajstić information content (AvgIpc) is 3.74. The largest absolute Gasteiger partial charge is 0.490 e. The Kier molecular flexibility index (Phi) is 10.1. The number of nitrogens with zero attached hydrogens (tertiary/aromatic N) is 6. The van der Waals surface area contributed by atoms with E-state index in [4.69, 9.17) is 20.9 Å². The van der Waals surface area contributed by atoms with E-state index in [0.29, 0.717) is 0 Å². The molecule has 2 aliphatic rings. The van der Waals surface area contributed by atoms with Crippen LogP contribution in [0.1, 0.15) is 12.5 Å². The summed E-state index contributed by atoms with van der Waals surface area (Å²) in [5, 5.41) is 42.0. The topological polar surface area (TPSA) is 418 Å². The van der Waals surface area contributed by atoms with Crippen molar-refractivity contribution in [1.29, 1.82) is 0 Å². The van der Waals surface area contributed by atoms with Crippen molar-refractivity contribution in [2.45, 2.75) is 49.1 Å². The number of aromatic nitrogens is 8. The fourth-order valence-electron chi connectivity index (χ4n) is 5.44. The third-order valence-corrected chi connectivity index (χ3v) is 11.9. The Morgan fingerprint density at radius 1 is 0.846 bits per heavy atom. The summed E-state index contributed by atoms with van der Waals surface area (Å²) in [6, 6.07) is 0. The van der Waals surface area contributed by atoms with Crippen LogP contribution < -0.4 is 27.2 Å². The Balaban J connectivity index is 1.05. The molecule has 4 aromatic heterocycles. The molecular weight excluding hydrogens is 773 g/mol. The zero-order valence-corrected chi connectivity index (χ0v) is 28.7. The predicted octanol–water partition coefficient (Wildman–Crippen LogP) is -4.55. The highest BCUT2D eigenvalue weighted by Crippen LogP contribution is 2.67. The molecule has 52 heavy (non-hydrogen) atoms. The van der Waals surface area contributed by atoms with Gasteiger partial charge < -0.3 is 56.0 Å². The van der Waals surface area contributed by atoms with Crippen LogP contribution in [-0.4, -0.2) is 119 Å². The van der Waals surface area contributed by atoms with Crippen LogP contribution in [0.3, 0.4) is 0 Å². The lowest BCUT2D eigenvalue weighted by atomic mass is 10.1. The third kappa shape index (κ3) is 7.46. The van der Waals surface area contributed by atoms with Gasteiger partial charge in [0.15, 0.2) is 23.7 Å². The first kappa shape index (κ1) is 38.2. The van der Waals surface area contributed by atoms with Crippen molar-refractivity contribution in [3.05, 3.63) is 33.4 Å². The molecule has 6 heterocycles. The monoisotopic (exact) mass is 803 g/mol. The van der Waals surface area contributed by atoms with Gasteiger partial charge in [0, 0.05) is 0 Å². The van der Waals surface area contributed by atoms with Crippen molar-refractivity contribution in [2.24, 2.45) is 7.05 Å². The maximum absolute atomic E-state index is 12.5. The molecule has 11 atom stereocenters. The fourth-order valence-corrected chi connectivity index (χ4v) is 8.96. The van der Waals surface area contributed by atoms with E-state index in [1.807, 2.05) is 0 Å². The summed E-state index contributed by atoms with van der Waals surface area (Å²) in [4.78, 5) is 70.6. The molecule has 6 rings (SSSR count). The van der Waals surface area contributed by atoms with Crippen LogP contribution >= 0.6 is 23.5 Å². The average molecular weight is 803 g/mol. The third-order valence-electron chi connectivity index (χ3n) is 7.68. The molecular formula is C21H30N10O18P3+. The number of fused-ring (bicyclic) bond motifs is 2. The number of hydrogen-bond acceptors (Lipinski definition) is 20. The van der Waals surface area contributed by atoms with Crippen molar-refractivity contribution in [2.75, 3.05) is 24.7 Å². The molecule has 0 bridgehead atoms. The lowest BCUT2D eigenvalue weighted by molar-refractivity contribution is -0.745. The van der Waals surface area contributed by atoms with Gasteiger partial charge in [-0.25, -0.2) is 23.2 Å². The number of aliphatic hydroxyl groups is 4. The second-order valence-corrected chi connectivity index (χ2v) is 15.9. The lowest BCUT2D eigenvalue weighted by Crippen LogP contribution is -2.46. The van der Waals surface area contributed by atoms with Crippen LogP contribution in [0, 0.1) is 0 Å². The number of nitrogen functional groups attached to an aromatic ring is 2. The highest BCUT2D eigenvalue weighted by molar-refractivity contribution is 7.66. The zero-order chi connectivity index (χ0) is 38.1. The number of imidazole rings is 2. The number of aromatic amines is 2. The van der Waals surface area contributed by atoms with Gasteiger partial charge in [-0.3, -0.25) is 37.7 Å². The molecule has 0 saturated carbocycles. The van der Waals surface area contributed by atoms with E-state index in [-0.39, 0.29) is 34.2 Å². The van der Waals surface area contributed by atoms with Gasteiger partial charge >= 0.3 is 29.1 Å². The SMILES string of the molecule is Cn1c[n+](C2O[C@H](COP(=O)(O)OP(=O)(O)OP(=O)(O)OCC3O[C@@H](n4cnc5c(=O)[nH]c(N)nc54)[C@H](O)[C@@H]3O)[C@@H](O)[C@@H]2O)c2nc(N)[nH]c(=O)c21. The number of hydrogen-bond donors (Lipinski definition) is 11. The minimum absolute atomic E-state index is 0.00983. The standard InChI is InChI=1S/C21H29N10O18P3/c1-29-5-31(15-9(29)17(37)28-21(23)26-15)19-13(35)11(33)7(47-19)3-45-51(40,41)49-52(42,43)48-50(38,39)44-2-6-10(32)12(34)18(46-6)30-4-24-8-14(30)25-20(22)27-16(8)36/h4-7,10-13,18-19,32-35H,2-3H2,1H3,(H8-,22,23,25,26,27,28,36,37,38,39,40,41,42,43)/p+1/t6?,7-,10-,11-,12-,13+,18-,19?/m1/s1. The number of rotatable bonds is 12. The normalized spacial score (nSPS) is 30.1. The number of aryl methyl sites for hydroxylation is 1. The maximum atomic E-state index is 12.5. The van der Waals surface area contributed by atoms with Crippen LogP contribution in [0.25, 0.3) is 22.3 Å². The van der Waals surface area contributed by atoms with E-state index in [9.17, 15) is 58.4 Å². The van der Waals surface area contributed by atoms with Crippen molar-refractivity contribution < 1.29 is 80.5 Å². The molecule has 5 unspecified atom stereocenters. The van der Waals surface area contributed by atoms with Gasteiger partial charge in [-0.15, -0.1) is 0 Å². The van der Waals surface area contributed by atoms with Gasteiger partial charge in [0.1, 0.15) is 36.6 Å².